The summed E-state index contributed by atoms with van der Waals surface area (Å²) in [4.78, 5) is 21.0. The smallest absolute Gasteiger partial charge is 0.257 e. The van der Waals surface area contributed by atoms with Crippen molar-refractivity contribution in [1.29, 1.82) is 0 Å². The van der Waals surface area contributed by atoms with E-state index in [0.717, 1.165) is 31.7 Å². The van der Waals surface area contributed by atoms with E-state index in [2.05, 4.69) is 39.5 Å². The number of nitrogens with zero attached hydrogens (tertiary/aromatic N) is 2. The Hall–Kier alpha value is -2.90. The Kier molecular flexibility index (Phi) is 6.30. The van der Waals surface area contributed by atoms with E-state index in [9.17, 15) is 4.79 Å². The highest BCUT2D eigenvalue weighted by Gasteiger charge is 2.22. The zero-order valence-electron chi connectivity index (χ0n) is 17.2. The number of rotatable bonds is 7. The highest BCUT2D eigenvalue weighted by molar-refractivity contribution is 7.15. The molecule has 3 aromatic rings. The van der Waals surface area contributed by atoms with Gasteiger partial charge in [-0.15, -0.1) is 11.3 Å². The third kappa shape index (κ3) is 4.63. The molecular weight excluding hydrogens is 398 g/mol. The maximum atomic E-state index is 12.7. The summed E-state index contributed by atoms with van der Waals surface area (Å²) in [5, 5.41) is 3.58. The molecule has 1 aliphatic heterocycles. The van der Waals surface area contributed by atoms with Crippen LogP contribution >= 0.6 is 11.3 Å². The number of aromatic nitrogens is 1. The molecule has 0 radical (unpaired) electrons. The number of fused-ring (bicyclic) bond motifs is 1. The first-order valence-corrected chi connectivity index (χ1v) is 10.8. The number of ether oxygens (including phenoxy) is 2. The lowest BCUT2D eigenvalue weighted by Gasteiger charge is -2.25. The van der Waals surface area contributed by atoms with Gasteiger partial charge in [-0.2, -0.15) is 0 Å². The van der Waals surface area contributed by atoms with Crippen LogP contribution < -0.4 is 14.8 Å². The molecule has 6 nitrogen and oxygen atoms in total. The van der Waals surface area contributed by atoms with Crippen molar-refractivity contribution in [3.8, 4) is 11.5 Å². The molecule has 1 N–H and O–H groups in total. The van der Waals surface area contributed by atoms with Crippen molar-refractivity contribution in [2.24, 2.45) is 0 Å². The van der Waals surface area contributed by atoms with Gasteiger partial charge in [-0.1, -0.05) is 30.3 Å². The van der Waals surface area contributed by atoms with Crippen molar-refractivity contribution in [3.05, 3.63) is 70.2 Å². The molecule has 30 heavy (non-hydrogen) atoms. The van der Waals surface area contributed by atoms with Crippen LogP contribution in [-0.4, -0.2) is 36.1 Å². The number of hydrogen-bond donors (Lipinski definition) is 1. The summed E-state index contributed by atoms with van der Waals surface area (Å²) in [6.45, 7) is 5.14. The molecule has 0 saturated carbocycles. The van der Waals surface area contributed by atoms with E-state index in [1.54, 1.807) is 36.6 Å². The zero-order valence-corrected chi connectivity index (χ0v) is 18.0. The highest BCUT2D eigenvalue weighted by atomic mass is 32.1. The Morgan fingerprint density at radius 2 is 2.03 bits per heavy atom. The number of carbonyl (C=O) groups is 1. The maximum Gasteiger partial charge on any atom is 0.257 e. The van der Waals surface area contributed by atoms with E-state index >= 15 is 0 Å². The maximum absolute atomic E-state index is 12.7. The standard InChI is InChI=1S/C23H25N3O3S/c1-3-29-20-13-17(9-10-19(20)28-2)22(27)25-23-24-18-11-12-26(15-21(18)30-23)14-16-7-5-4-6-8-16/h4-10,13H,3,11-12,14-15H2,1-2H3,(H,24,25,27). The summed E-state index contributed by atoms with van der Waals surface area (Å²) in [7, 11) is 1.58. The minimum absolute atomic E-state index is 0.203. The fourth-order valence-electron chi connectivity index (χ4n) is 3.53. The average Bonchev–Trinajstić information content (AvgIpc) is 3.16. The Morgan fingerprint density at radius 1 is 1.20 bits per heavy atom. The molecule has 1 aromatic heterocycles. The molecule has 156 valence electrons. The third-order valence-electron chi connectivity index (χ3n) is 5.01. The predicted octanol–water partition coefficient (Wildman–Crippen LogP) is 4.36. The number of thiazole rings is 1. The Bertz CT molecular complexity index is 1020. The van der Waals surface area contributed by atoms with Crippen molar-refractivity contribution >= 4 is 22.4 Å². The highest BCUT2D eigenvalue weighted by Crippen LogP contribution is 2.31. The van der Waals surface area contributed by atoms with Gasteiger partial charge in [0.05, 0.1) is 19.4 Å². The van der Waals surface area contributed by atoms with E-state index in [1.165, 1.54) is 10.4 Å². The largest absolute Gasteiger partial charge is 0.493 e. The SMILES string of the molecule is CCOc1cc(C(=O)Nc2nc3c(s2)CN(Cc2ccccc2)CC3)ccc1OC. The normalized spacial score (nSPS) is 13.5. The van der Waals surface area contributed by atoms with Crippen LogP contribution in [0.3, 0.4) is 0 Å². The van der Waals surface area contributed by atoms with E-state index in [0.29, 0.717) is 28.8 Å². The quantitative estimate of drug-likeness (QED) is 0.612. The van der Waals surface area contributed by atoms with Crippen LogP contribution in [0.1, 0.15) is 33.4 Å². The fraction of sp³-hybridized carbons (Fsp3) is 0.304. The number of carbonyl (C=O) groups excluding carboxylic acids is 1. The molecule has 1 amide bonds. The summed E-state index contributed by atoms with van der Waals surface area (Å²) < 4.78 is 10.9. The Morgan fingerprint density at radius 3 is 2.80 bits per heavy atom. The first-order chi connectivity index (χ1) is 14.7. The van der Waals surface area contributed by atoms with Gasteiger partial charge in [-0.25, -0.2) is 4.98 Å². The lowest BCUT2D eigenvalue weighted by atomic mass is 10.1. The van der Waals surface area contributed by atoms with Crippen LogP contribution in [0.15, 0.2) is 48.5 Å². The molecule has 0 atom stereocenters. The van der Waals surface area contributed by atoms with Gasteiger partial charge >= 0.3 is 0 Å². The summed E-state index contributed by atoms with van der Waals surface area (Å²) in [5.41, 5.74) is 2.91. The monoisotopic (exact) mass is 423 g/mol. The zero-order chi connectivity index (χ0) is 20.9. The summed E-state index contributed by atoms with van der Waals surface area (Å²) in [5.74, 6) is 0.963. The number of amides is 1. The molecule has 0 aliphatic carbocycles. The molecule has 2 heterocycles. The van der Waals surface area contributed by atoms with Crippen LogP contribution in [0.5, 0.6) is 11.5 Å². The van der Waals surface area contributed by atoms with Crippen molar-refractivity contribution < 1.29 is 14.3 Å². The van der Waals surface area contributed by atoms with Crippen molar-refractivity contribution in [1.82, 2.24) is 9.88 Å². The van der Waals surface area contributed by atoms with Crippen molar-refractivity contribution in [2.45, 2.75) is 26.4 Å². The number of benzene rings is 2. The molecule has 0 saturated heterocycles. The molecule has 0 fully saturated rings. The second-order valence-electron chi connectivity index (χ2n) is 7.09. The molecule has 0 unspecified atom stereocenters. The molecule has 0 spiro atoms. The number of nitrogens with one attached hydrogen (secondary N) is 1. The average molecular weight is 424 g/mol. The van der Waals surface area contributed by atoms with Gasteiger partial charge in [-0.3, -0.25) is 15.0 Å². The summed E-state index contributed by atoms with van der Waals surface area (Å²) in [6.07, 6.45) is 0.894. The second-order valence-corrected chi connectivity index (χ2v) is 8.17. The first-order valence-electron chi connectivity index (χ1n) is 10.0. The van der Waals surface area contributed by atoms with Gasteiger partial charge in [0.15, 0.2) is 16.6 Å². The van der Waals surface area contributed by atoms with E-state index in [1.807, 2.05) is 13.0 Å². The molecule has 4 rings (SSSR count). The van der Waals surface area contributed by atoms with E-state index in [-0.39, 0.29) is 5.91 Å². The molecule has 2 aromatic carbocycles. The van der Waals surface area contributed by atoms with Crippen LogP contribution in [0.25, 0.3) is 0 Å². The molecular formula is C23H25N3O3S. The van der Waals surface area contributed by atoms with Gasteiger partial charge in [0.2, 0.25) is 0 Å². The van der Waals surface area contributed by atoms with Crippen LogP contribution in [0, 0.1) is 0 Å². The fourth-order valence-corrected chi connectivity index (χ4v) is 4.58. The first kappa shape index (κ1) is 20.4. The second kappa shape index (κ2) is 9.28. The minimum atomic E-state index is -0.203. The van der Waals surface area contributed by atoms with Gasteiger partial charge in [0.1, 0.15) is 0 Å². The summed E-state index contributed by atoms with van der Waals surface area (Å²) >= 11 is 1.55. The van der Waals surface area contributed by atoms with Crippen LogP contribution in [0.4, 0.5) is 5.13 Å². The number of anilines is 1. The molecule has 1 aliphatic rings. The topological polar surface area (TPSA) is 63.7 Å². The lowest BCUT2D eigenvalue weighted by molar-refractivity contribution is 0.102. The number of hydrogen-bond acceptors (Lipinski definition) is 6. The van der Waals surface area contributed by atoms with E-state index in [4.69, 9.17) is 9.47 Å². The van der Waals surface area contributed by atoms with Gasteiger partial charge in [-0.05, 0) is 30.7 Å². The predicted molar refractivity (Wildman–Crippen MR) is 118 cm³/mol. The van der Waals surface area contributed by atoms with Crippen LogP contribution in [-0.2, 0) is 19.5 Å². The lowest BCUT2D eigenvalue weighted by Crippen LogP contribution is -2.29. The van der Waals surface area contributed by atoms with Gasteiger partial charge in [0, 0.05) is 36.5 Å². The Labute approximate surface area is 180 Å². The minimum Gasteiger partial charge on any atom is -0.493 e. The van der Waals surface area contributed by atoms with E-state index < -0.39 is 0 Å². The summed E-state index contributed by atoms with van der Waals surface area (Å²) in [6, 6.07) is 15.7. The molecule has 7 heteroatoms. The van der Waals surface area contributed by atoms with Gasteiger partial charge < -0.3 is 9.47 Å². The van der Waals surface area contributed by atoms with Crippen molar-refractivity contribution in [3.63, 3.8) is 0 Å². The molecule has 0 bridgehead atoms. The third-order valence-corrected chi connectivity index (χ3v) is 6.00. The van der Waals surface area contributed by atoms with Crippen LogP contribution in [0.2, 0.25) is 0 Å². The number of methoxy groups -OCH3 is 1. The van der Waals surface area contributed by atoms with Crippen molar-refractivity contribution in [2.75, 3.05) is 25.6 Å². The van der Waals surface area contributed by atoms with Gasteiger partial charge in [0.25, 0.3) is 5.91 Å². The Balaban J connectivity index is 1.43.